The maximum Gasteiger partial charge on any atom is 0.342 e. The van der Waals surface area contributed by atoms with Crippen LogP contribution in [0.25, 0.3) is 0 Å². The Hall–Kier alpha value is -5.40. The van der Waals surface area contributed by atoms with Gasteiger partial charge in [0.25, 0.3) is 5.91 Å². The van der Waals surface area contributed by atoms with Crippen molar-refractivity contribution in [2.24, 2.45) is 5.73 Å². The maximum absolute atomic E-state index is 13.0. The molecule has 4 aromatic carbocycles. The Kier molecular flexibility index (Phi) is 19.6. The quantitative estimate of drug-likeness (QED) is 0.0491. The molecule has 2 aromatic heterocycles. The first-order valence-corrected chi connectivity index (χ1v) is 21.1. The number of carboxylic acid groups (broad SMARTS) is 1. The molecule has 2 heterocycles. The molecule has 320 valence electrons. The predicted octanol–water partition coefficient (Wildman–Crippen LogP) is 7.90. The molecule has 0 fully saturated rings. The number of hydrogen-bond donors (Lipinski definition) is 5. The topological polar surface area (TPSA) is 203 Å². The summed E-state index contributed by atoms with van der Waals surface area (Å²) in [5.74, 6) is -1.96. The van der Waals surface area contributed by atoms with E-state index in [1.807, 2.05) is 6.26 Å². The van der Waals surface area contributed by atoms with Crippen molar-refractivity contribution in [3.05, 3.63) is 164 Å². The van der Waals surface area contributed by atoms with E-state index in [-0.39, 0.29) is 67.5 Å². The number of carboxylic acids is 1. The van der Waals surface area contributed by atoms with Crippen molar-refractivity contribution in [1.82, 2.24) is 25.3 Å². The molecule has 0 atom stereocenters. The number of hydrogen-bond acceptors (Lipinski definition) is 13. The molecule has 6 N–H and O–H groups in total. The Morgan fingerprint density at radius 3 is 1.52 bits per heavy atom. The van der Waals surface area contributed by atoms with E-state index in [2.05, 4.69) is 25.3 Å². The highest BCUT2D eigenvalue weighted by atomic mass is 35.5. The van der Waals surface area contributed by atoms with Crippen molar-refractivity contribution in [2.75, 3.05) is 12.5 Å². The minimum absolute atomic E-state index is 0.00853. The van der Waals surface area contributed by atoms with Gasteiger partial charge in [0.1, 0.15) is 36.0 Å². The number of nitrogens with zero attached hydrogens (tertiary/aromatic N) is 4. The molecule has 61 heavy (non-hydrogen) atoms. The van der Waals surface area contributed by atoms with Crippen LogP contribution in [0.15, 0.2) is 108 Å². The summed E-state index contributed by atoms with van der Waals surface area (Å²) in [4.78, 5) is 40.2. The average Bonchev–Trinajstić information content (AvgIpc) is 3.27. The van der Waals surface area contributed by atoms with Crippen LogP contribution in [0.5, 0.6) is 11.8 Å². The number of aliphatic hydroxyl groups excluding tert-OH is 2. The van der Waals surface area contributed by atoms with Crippen LogP contribution >= 0.6 is 46.7 Å². The number of aromatic carboxylic acids is 1. The van der Waals surface area contributed by atoms with Gasteiger partial charge in [0.05, 0.1) is 13.2 Å². The fourth-order valence-corrected chi connectivity index (χ4v) is 6.03. The molecule has 19 heteroatoms. The first-order chi connectivity index (χ1) is 29.4. The minimum atomic E-state index is -1.16. The van der Waals surface area contributed by atoms with E-state index in [1.54, 1.807) is 66.9 Å². The van der Waals surface area contributed by atoms with E-state index < -0.39 is 11.9 Å². The van der Waals surface area contributed by atoms with Gasteiger partial charge >= 0.3 is 5.97 Å². The summed E-state index contributed by atoms with van der Waals surface area (Å²) in [6.07, 6.45) is 6.24. The first kappa shape index (κ1) is 48.3. The third kappa shape index (κ3) is 15.2. The van der Waals surface area contributed by atoms with Crippen LogP contribution in [0, 0.1) is 11.6 Å². The highest BCUT2D eigenvalue weighted by Gasteiger charge is 2.18. The summed E-state index contributed by atoms with van der Waals surface area (Å²) in [6, 6.07) is 22.3. The highest BCUT2D eigenvalue weighted by molar-refractivity contribution is 7.98. The van der Waals surface area contributed by atoms with Gasteiger partial charge in [-0.25, -0.2) is 23.5 Å². The van der Waals surface area contributed by atoms with Crippen molar-refractivity contribution >= 4 is 58.6 Å². The molecular weight excluding hydrogens is 874 g/mol. The molecule has 0 saturated heterocycles. The van der Waals surface area contributed by atoms with Gasteiger partial charge in [-0.1, -0.05) is 95.3 Å². The Labute approximate surface area is 368 Å². The zero-order chi connectivity index (χ0) is 44.3. The van der Waals surface area contributed by atoms with Gasteiger partial charge in [0, 0.05) is 35.5 Å². The Balaban J connectivity index is 0.000000230. The second-order valence-electron chi connectivity index (χ2n) is 12.3. The molecule has 6 aromatic rings. The second kappa shape index (κ2) is 24.8. The smallest absolute Gasteiger partial charge is 0.342 e. The molecule has 0 unspecified atom stereocenters. The molecule has 0 aliphatic rings. The fourth-order valence-electron chi connectivity index (χ4n) is 4.84. The molecule has 0 bridgehead atoms. The molecule has 0 saturated carbocycles. The Morgan fingerprint density at radius 2 is 1.11 bits per heavy atom. The summed E-state index contributed by atoms with van der Waals surface area (Å²) < 4.78 is 36.5. The van der Waals surface area contributed by atoms with E-state index >= 15 is 0 Å². The van der Waals surface area contributed by atoms with E-state index in [4.69, 9.17) is 48.6 Å². The number of ether oxygens (including phenoxy) is 2. The normalized spacial score (nSPS) is 10.4. The monoisotopic (exact) mass is 912 g/mol. The van der Waals surface area contributed by atoms with Crippen LogP contribution in [0.3, 0.4) is 0 Å². The predicted molar refractivity (Wildman–Crippen MR) is 230 cm³/mol. The zero-order valence-corrected chi connectivity index (χ0v) is 35.8. The lowest BCUT2D eigenvalue weighted by molar-refractivity contribution is 0.0689. The number of nitrogens with two attached hydrogens (primary N) is 1. The van der Waals surface area contributed by atoms with E-state index in [0.29, 0.717) is 38.0 Å². The van der Waals surface area contributed by atoms with E-state index in [9.17, 15) is 23.5 Å². The van der Waals surface area contributed by atoms with Crippen molar-refractivity contribution in [3.8, 4) is 11.8 Å². The molecule has 0 radical (unpaired) electrons. The number of halogens is 4. The fraction of sp³-hybridized carbons (Fsp3) is 0.190. The standard InChI is InChI=1S/C21H19ClFN3O3S.C14H13ClN2O4S.C7H8FN/c1-30-21-25-10-17(19(28)24-9-13-3-6-16(23)7-4-13)20(26-21)29-12-14-2-5-15(11-27)18(22)8-14;1-22-14-16-5-10(13(19)20)12(17-14)21-7-8-2-3-9(6-18)11(15)4-8;8-7-3-1-6(5-9)2-4-7/h2-8,10,27H,9,11-12H2,1H3,(H,24,28);2-5,18H,6-7H2,1H3,(H,19,20);1-4H,5,9H2. The molecule has 13 nitrogen and oxygen atoms in total. The lowest BCUT2D eigenvalue weighted by Gasteiger charge is -2.12. The number of carbonyl (C=O) groups excluding carboxylic acids is 1. The van der Waals surface area contributed by atoms with E-state index in [1.165, 1.54) is 60.2 Å². The first-order valence-electron chi connectivity index (χ1n) is 17.9. The van der Waals surface area contributed by atoms with Crippen LogP contribution in [0.4, 0.5) is 8.78 Å². The summed E-state index contributed by atoms with van der Waals surface area (Å²) in [5, 5.41) is 31.9. The third-order valence-corrected chi connectivity index (χ3v) is 9.97. The van der Waals surface area contributed by atoms with Crippen LogP contribution < -0.4 is 20.5 Å². The average molecular weight is 914 g/mol. The summed E-state index contributed by atoms with van der Waals surface area (Å²) >= 11 is 14.7. The van der Waals surface area contributed by atoms with Gasteiger partial charge in [-0.15, -0.1) is 0 Å². The second-order valence-corrected chi connectivity index (χ2v) is 14.7. The highest BCUT2D eigenvalue weighted by Crippen LogP contribution is 2.24. The number of benzene rings is 4. The number of aromatic nitrogens is 4. The van der Waals surface area contributed by atoms with Crippen molar-refractivity contribution < 1.29 is 43.2 Å². The minimum Gasteiger partial charge on any atom is -0.477 e. The largest absolute Gasteiger partial charge is 0.477 e. The molecule has 0 spiro atoms. The van der Waals surface area contributed by atoms with Gasteiger partial charge < -0.3 is 35.8 Å². The summed E-state index contributed by atoms with van der Waals surface area (Å²) in [5.41, 5.74) is 9.81. The maximum atomic E-state index is 13.0. The van der Waals surface area contributed by atoms with Crippen LogP contribution in [0.2, 0.25) is 10.0 Å². The third-order valence-electron chi connectivity index (χ3n) is 8.15. The molecule has 6 rings (SSSR count). The lowest BCUT2D eigenvalue weighted by atomic mass is 10.1. The van der Waals surface area contributed by atoms with Gasteiger partial charge in [-0.3, -0.25) is 4.79 Å². The van der Waals surface area contributed by atoms with Crippen molar-refractivity contribution in [1.29, 1.82) is 0 Å². The molecule has 0 aliphatic heterocycles. The number of carbonyl (C=O) groups is 2. The molecular formula is C42H40Cl2F2N6O7S2. The van der Waals surface area contributed by atoms with Gasteiger partial charge in [0.2, 0.25) is 11.8 Å². The molecule has 0 aliphatic carbocycles. The summed E-state index contributed by atoms with van der Waals surface area (Å²) in [7, 11) is 0. The van der Waals surface area contributed by atoms with Crippen LogP contribution in [-0.4, -0.2) is 59.6 Å². The Bertz CT molecular complexity index is 2390. The van der Waals surface area contributed by atoms with Crippen LogP contribution in [0.1, 0.15) is 54.1 Å². The van der Waals surface area contributed by atoms with E-state index in [0.717, 1.165) is 22.3 Å². The molecule has 1 amide bonds. The van der Waals surface area contributed by atoms with Crippen molar-refractivity contribution in [3.63, 3.8) is 0 Å². The summed E-state index contributed by atoms with van der Waals surface area (Å²) in [6.45, 7) is 0.639. The SMILES string of the molecule is CSc1ncc(C(=O)NCc2ccc(F)cc2)c(OCc2ccc(CO)c(Cl)c2)n1.CSc1ncc(C(=O)O)c(OCc2ccc(CO)c(Cl)c2)n1.NCc1ccc(F)cc1. The number of amides is 1. The number of aliphatic hydroxyl groups is 2. The lowest BCUT2D eigenvalue weighted by Crippen LogP contribution is -2.24. The zero-order valence-electron chi connectivity index (χ0n) is 32.6. The Morgan fingerprint density at radius 1 is 0.689 bits per heavy atom. The van der Waals surface area contributed by atoms with Gasteiger partial charge in [-0.05, 0) is 82.3 Å². The van der Waals surface area contributed by atoms with Gasteiger partial charge in [0.15, 0.2) is 10.3 Å². The number of thioether (sulfide) groups is 2. The van der Waals surface area contributed by atoms with Crippen molar-refractivity contribution in [2.45, 2.75) is 49.8 Å². The van der Waals surface area contributed by atoms with Gasteiger partial charge in [-0.2, -0.15) is 9.97 Å². The van der Waals surface area contributed by atoms with Crippen LogP contribution in [-0.2, 0) is 39.5 Å². The number of nitrogens with one attached hydrogen (secondary N) is 1. The number of rotatable bonds is 15.